The van der Waals surface area contributed by atoms with E-state index in [1.54, 1.807) is 0 Å². The quantitative estimate of drug-likeness (QED) is 0.461. The van der Waals surface area contributed by atoms with E-state index in [9.17, 15) is 0 Å². The van der Waals surface area contributed by atoms with Gasteiger partial charge in [0.2, 0.25) is 0 Å². The van der Waals surface area contributed by atoms with Crippen LogP contribution in [-0.4, -0.2) is 37.5 Å². The van der Waals surface area contributed by atoms with Gasteiger partial charge in [0, 0.05) is 43.3 Å². The van der Waals surface area contributed by atoms with Crippen LogP contribution in [0.1, 0.15) is 22.2 Å². The summed E-state index contributed by atoms with van der Waals surface area (Å²) in [7, 11) is 0.330. The van der Waals surface area contributed by atoms with Gasteiger partial charge in [-0.25, -0.2) is 0 Å². The van der Waals surface area contributed by atoms with Gasteiger partial charge in [0.1, 0.15) is 0 Å². The van der Waals surface area contributed by atoms with Crippen molar-refractivity contribution in [2.24, 2.45) is 5.92 Å². The van der Waals surface area contributed by atoms with E-state index in [2.05, 4.69) is 30.7 Å². The van der Waals surface area contributed by atoms with E-state index in [4.69, 9.17) is 13.0 Å². The van der Waals surface area contributed by atoms with Crippen LogP contribution >= 0.6 is 0 Å². The molecule has 1 heterocycles. The first-order valence-corrected chi connectivity index (χ1v) is 11.5. The fraction of sp³-hybridized carbons (Fsp3) is 0.450. The normalized spacial score (nSPS) is 11.8. The molecule has 0 spiro atoms. The zero-order valence-electron chi connectivity index (χ0n) is 18.2. The van der Waals surface area contributed by atoms with Crippen molar-refractivity contribution in [3.63, 3.8) is 0 Å². The summed E-state index contributed by atoms with van der Waals surface area (Å²) < 4.78 is 17.1. The molecular weight excluding hydrogens is 507 g/mol. The first kappa shape index (κ1) is 22.2. The van der Waals surface area contributed by atoms with Gasteiger partial charge in [0.25, 0.3) is 0 Å². The second kappa shape index (κ2) is 13.4. The molecule has 0 aliphatic rings. The average molecular weight is 541 g/mol. The summed E-state index contributed by atoms with van der Waals surface area (Å²) in [5.41, 5.74) is 2.50. The van der Waals surface area contributed by atoms with Gasteiger partial charge in [-0.05, 0) is 23.2 Å². The van der Waals surface area contributed by atoms with Gasteiger partial charge in [-0.1, -0.05) is 45.1 Å². The van der Waals surface area contributed by atoms with Crippen molar-refractivity contribution in [1.82, 2.24) is 4.98 Å². The maximum atomic E-state index is 8.55. The maximum Gasteiger partial charge on any atom is 0.0798 e. The van der Waals surface area contributed by atoms with Crippen molar-refractivity contribution >= 4 is 13.3 Å². The van der Waals surface area contributed by atoms with Gasteiger partial charge in [-0.3, -0.25) is 0 Å². The molecule has 0 saturated carbocycles. The SMILES string of the molecule is CO.CO.[2H]C([2H])(c1cc(-c2[c-]cccc2)ncc1[Si](C)(C)C)C(C)C.[Ir]. The van der Waals surface area contributed by atoms with Gasteiger partial charge in [0.05, 0.1) is 8.07 Å². The third kappa shape index (κ3) is 8.88. The summed E-state index contributed by atoms with van der Waals surface area (Å²) in [5, 5.41) is 15.1. The Hall–Kier alpha value is -0.844. The molecule has 0 aliphatic heterocycles. The van der Waals surface area contributed by atoms with E-state index in [1.807, 2.05) is 50.4 Å². The molecule has 143 valence electrons. The monoisotopic (exact) mass is 541 g/mol. The Morgan fingerprint density at radius 2 is 1.76 bits per heavy atom. The molecule has 1 aromatic heterocycles. The third-order valence-corrected chi connectivity index (χ3v) is 5.16. The number of benzene rings is 1. The number of aliphatic hydroxyl groups excluding tert-OH is 2. The summed E-state index contributed by atoms with van der Waals surface area (Å²) in [6, 6.07) is 12.8. The number of aliphatic hydroxyl groups is 2. The molecule has 0 bridgehead atoms. The Morgan fingerprint density at radius 3 is 2.20 bits per heavy atom. The van der Waals surface area contributed by atoms with Gasteiger partial charge in [-0.2, -0.15) is 0 Å². The zero-order chi connectivity index (χ0) is 20.5. The number of pyridine rings is 1. The molecule has 0 unspecified atom stereocenters. The summed E-state index contributed by atoms with van der Waals surface area (Å²) in [6.45, 7) is 10.6. The Bertz CT molecular complexity index is 663. The smallest absolute Gasteiger partial charge is 0.0798 e. The molecule has 5 heteroatoms. The van der Waals surface area contributed by atoms with Crippen LogP contribution in [0, 0.1) is 12.0 Å². The number of aromatic nitrogens is 1. The molecule has 0 aliphatic carbocycles. The fourth-order valence-corrected chi connectivity index (χ4v) is 3.59. The van der Waals surface area contributed by atoms with E-state index in [0.29, 0.717) is 0 Å². The van der Waals surface area contributed by atoms with Crippen LogP contribution in [0.5, 0.6) is 0 Å². The van der Waals surface area contributed by atoms with Gasteiger partial charge in [-0.15, -0.1) is 35.9 Å². The van der Waals surface area contributed by atoms with Crippen molar-refractivity contribution < 1.29 is 33.1 Å². The topological polar surface area (TPSA) is 53.4 Å². The molecule has 2 N–H and O–H groups in total. The fourth-order valence-electron chi connectivity index (χ4n) is 2.18. The molecule has 0 fully saturated rings. The summed E-state index contributed by atoms with van der Waals surface area (Å²) in [4.78, 5) is 4.59. The summed E-state index contributed by atoms with van der Waals surface area (Å²) >= 11 is 0. The first-order chi connectivity index (χ1) is 12.1. The molecule has 2 rings (SSSR count). The number of nitrogens with zero attached hydrogens (tertiary/aromatic N) is 1. The predicted octanol–water partition coefficient (Wildman–Crippen LogP) is 3.51. The predicted molar refractivity (Wildman–Crippen MR) is 106 cm³/mol. The minimum atomic E-state index is -1.67. The molecule has 2 aromatic rings. The summed E-state index contributed by atoms with van der Waals surface area (Å²) in [5.74, 6) is -0.0856. The second-order valence-electron chi connectivity index (χ2n) is 6.44. The van der Waals surface area contributed by atoms with Crippen LogP contribution in [-0.2, 0) is 26.5 Å². The van der Waals surface area contributed by atoms with Gasteiger partial charge < -0.3 is 15.2 Å². The van der Waals surface area contributed by atoms with Gasteiger partial charge >= 0.3 is 0 Å². The van der Waals surface area contributed by atoms with Crippen LogP contribution in [0.2, 0.25) is 19.6 Å². The van der Waals surface area contributed by atoms with E-state index < -0.39 is 14.4 Å². The first-order valence-electron chi connectivity index (χ1n) is 9.01. The van der Waals surface area contributed by atoms with E-state index in [0.717, 1.165) is 36.2 Å². The summed E-state index contributed by atoms with van der Waals surface area (Å²) in [6.07, 6.45) is 0.528. The Morgan fingerprint density at radius 1 is 1.16 bits per heavy atom. The van der Waals surface area contributed by atoms with Crippen molar-refractivity contribution in [3.8, 4) is 11.3 Å². The molecule has 3 nitrogen and oxygen atoms in total. The van der Waals surface area contributed by atoms with Crippen molar-refractivity contribution in [3.05, 3.63) is 48.2 Å². The largest absolute Gasteiger partial charge is 0.400 e. The third-order valence-electron chi connectivity index (χ3n) is 3.14. The van der Waals surface area contributed by atoms with Crippen LogP contribution in [0.4, 0.5) is 0 Å². The molecule has 1 radical (unpaired) electrons. The molecule has 0 saturated heterocycles. The minimum Gasteiger partial charge on any atom is -0.400 e. The van der Waals surface area contributed by atoms with E-state index >= 15 is 0 Å². The number of rotatable bonds is 4. The van der Waals surface area contributed by atoms with Crippen molar-refractivity contribution in [1.29, 1.82) is 0 Å². The average Bonchev–Trinajstić information content (AvgIpc) is 2.64. The zero-order valence-corrected chi connectivity index (χ0v) is 19.6. The molecule has 1 aromatic carbocycles. The van der Waals surface area contributed by atoms with Crippen LogP contribution in [0.3, 0.4) is 0 Å². The number of hydrogen-bond acceptors (Lipinski definition) is 3. The van der Waals surface area contributed by atoms with Crippen LogP contribution in [0.15, 0.2) is 36.5 Å². The maximum absolute atomic E-state index is 8.55. The standard InChI is InChI=1S/C18H24NSi.2CH4O.Ir/c1-14(2)11-16-12-17(15-9-7-6-8-10-15)19-13-18(16)20(3,4)5;2*1-2;/h6-9,12-14H,11H2,1-5H3;2*2H,1H3;/q-1;;;/i11D2;;;. The van der Waals surface area contributed by atoms with Gasteiger partial charge in [0.15, 0.2) is 0 Å². The second-order valence-corrected chi connectivity index (χ2v) is 11.5. The van der Waals surface area contributed by atoms with Crippen molar-refractivity contribution in [2.45, 2.75) is 39.9 Å². The van der Waals surface area contributed by atoms with Crippen LogP contribution < -0.4 is 5.19 Å². The van der Waals surface area contributed by atoms with Crippen molar-refractivity contribution in [2.75, 3.05) is 14.2 Å². The Balaban J connectivity index is 0. The number of hydrogen-bond donors (Lipinski definition) is 2. The Labute approximate surface area is 170 Å². The molecule has 25 heavy (non-hydrogen) atoms. The van der Waals surface area contributed by atoms with E-state index in [1.165, 1.54) is 0 Å². The van der Waals surface area contributed by atoms with E-state index in [-0.39, 0.29) is 26.0 Å². The minimum absolute atomic E-state index is 0. The molecule has 0 atom stereocenters. The Kier molecular flexibility index (Phi) is 11.9. The molecular formula is C20H32IrNO2Si-. The van der Waals surface area contributed by atoms with Crippen LogP contribution in [0.25, 0.3) is 11.3 Å². The molecule has 0 amide bonds.